The monoisotopic (exact) mass is 308 g/mol. The summed E-state index contributed by atoms with van der Waals surface area (Å²) in [6.45, 7) is 3.77. The molecule has 3 N–H and O–H groups in total. The van der Waals surface area contributed by atoms with E-state index in [0.29, 0.717) is 29.8 Å². The quantitative estimate of drug-likeness (QED) is 0.783. The van der Waals surface area contributed by atoms with Crippen molar-refractivity contribution < 1.29 is 14.3 Å². The Morgan fingerprint density at radius 1 is 1.62 bits per heavy atom. The highest BCUT2D eigenvalue weighted by Gasteiger charge is 2.20. The third-order valence-corrected chi connectivity index (χ3v) is 3.63. The highest BCUT2D eigenvalue weighted by molar-refractivity contribution is 7.80. The number of nitrogens with two attached hydrogens (primary N) is 1. The SMILES string of the molecule is CC(OCC1CCOC1)C(=O)Nc1cccc(C(N)=S)c1. The Hall–Kier alpha value is -1.50. The molecule has 0 radical (unpaired) electrons. The largest absolute Gasteiger partial charge is 0.389 e. The average molecular weight is 308 g/mol. The van der Waals surface area contributed by atoms with Gasteiger partial charge in [-0.05, 0) is 25.5 Å². The van der Waals surface area contributed by atoms with Crippen LogP contribution in [-0.2, 0) is 14.3 Å². The molecule has 0 bridgehead atoms. The van der Waals surface area contributed by atoms with Crippen LogP contribution in [0.4, 0.5) is 5.69 Å². The maximum Gasteiger partial charge on any atom is 0.253 e. The highest BCUT2D eigenvalue weighted by atomic mass is 32.1. The molecule has 0 aliphatic carbocycles. The Kier molecular flexibility index (Phi) is 5.67. The van der Waals surface area contributed by atoms with E-state index in [1.807, 2.05) is 0 Å². The summed E-state index contributed by atoms with van der Waals surface area (Å²) in [5, 5.41) is 2.80. The second-order valence-electron chi connectivity index (χ2n) is 5.14. The maximum absolute atomic E-state index is 12.1. The normalized spacial score (nSPS) is 19.2. The van der Waals surface area contributed by atoms with E-state index in [4.69, 9.17) is 27.4 Å². The van der Waals surface area contributed by atoms with Crippen LogP contribution < -0.4 is 11.1 Å². The molecule has 6 heteroatoms. The van der Waals surface area contributed by atoms with Gasteiger partial charge in [-0.15, -0.1) is 0 Å². The number of carbonyl (C=O) groups excluding carboxylic acids is 1. The maximum atomic E-state index is 12.1. The molecule has 114 valence electrons. The second kappa shape index (κ2) is 7.49. The molecule has 1 aromatic rings. The van der Waals surface area contributed by atoms with Crippen LogP contribution in [-0.4, -0.2) is 36.8 Å². The van der Waals surface area contributed by atoms with E-state index in [9.17, 15) is 4.79 Å². The fourth-order valence-electron chi connectivity index (χ4n) is 2.06. The molecule has 0 aromatic heterocycles. The van der Waals surface area contributed by atoms with Gasteiger partial charge in [-0.1, -0.05) is 24.4 Å². The number of thiocarbonyl (C=S) groups is 1. The molecule has 1 aliphatic heterocycles. The first-order valence-corrected chi connectivity index (χ1v) is 7.37. The molecule has 1 aliphatic rings. The summed E-state index contributed by atoms with van der Waals surface area (Å²) >= 11 is 4.92. The number of carbonyl (C=O) groups is 1. The van der Waals surface area contributed by atoms with Gasteiger partial charge in [-0.3, -0.25) is 4.79 Å². The number of rotatable bonds is 6. The van der Waals surface area contributed by atoms with Crippen LogP contribution in [0.3, 0.4) is 0 Å². The van der Waals surface area contributed by atoms with Gasteiger partial charge in [0.05, 0.1) is 13.2 Å². The number of anilines is 1. The van der Waals surface area contributed by atoms with Crippen LogP contribution in [0.1, 0.15) is 18.9 Å². The molecule has 1 fully saturated rings. The van der Waals surface area contributed by atoms with E-state index in [0.717, 1.165) is 18.6 Å². The number of amides is 1. The van der Waals surface area contributed by atoms with Crippen molar-refractivity contribution in [1.82, 2.24) is 0 Å². The Balaban J connectivity index is 1.84. The summed E-state index contributed by atoms with van der Waals surface area (Å²) in [7, 11) is 0. The van der Waals surface area contributed by atoms with Crippen LogP contribution >= 0.6 is 12.2 Å². The highest BCUT2D eigenvalue weighted by Crippen LogP contribution is 2.14. The zero-order valence-corrected chi connectivity index (χ0v) is 12.8. The van der Waals surface area contributed by atoms with Crippen molar-refractivity contribution in [1.29, 1.82) is 0 Å². The smallest absolute Gasteiger partial charge is 0.253 e. The zero-order valence-electron chi connectivity index (χ0n) is 12.0. The summed E-state index contributed by atoms with van der Waals surface area (Å²) in [6, 6.07) is 7.14. The van der Waals surface area contributed by atoms with Gasteiger partial charge in [0.2, 0.25) is 0 Å². The molecule has 0 spiro atoms. The summed E-state index contributed by atoms with van der Waals surface area (Å²) < 4.78 is 10.9. The van der Waals surface area contributed by atoms with E-state index in [-0.39, 0.29) is 5.91 Å². The Bertz CT molecular complexity index is 515. The van der Waals surface area contributed by atoms with E-state index in [1.165, 1.54) is 0 Å². The molecule has 2 unspecified atom stereocenters. The predicted octanol–water partition coefficient (Wildman–Crippen LogP) is 1.70. The fraction of sp³-hybridized carbons (Fsp3) is 0.467. The lowest BCUT2D eigenvalue weighted by Crippen LogP contribution is -2.29. The predicted molar refractivity (Wildman–Crippen MR) is 85.3 cm³/mol. The lowest BCUT2D eigenvalue weighted by molar-refractivity contribution is -0.127. The van der Waals surface area contributed by atoms with Crippen LogP contribution in [0, 0.1) is 5.92 Å². The minimum absolute atomic E-state index is 0.186. The molecule has 1 heterocycles. The number of nitrogens with one attached hydrogen (secondary N) is 1. The molecule has 0 saturated carbocycles. The van der Waals surface area contributed by atoms with Crippen molar-refractivity contribution in [3.8, 4) is 0 Å². The van der Waals surface area contributed by atoms with Crippen molar-refractivity contribution in [2.45, 2.75) is 19.4 Å². The molecule has 21 heavy (non-hydrogen) atoms. The third kappa shape index (κ3) is 4.77. The molecule has 5 nitrogen and oxygen atoms in total. The summed E-state index contributed by atoms with van der Waals surface area (Å²) in [4.78, 5) is 12.4. The van der Waals surface area contributed by atoms with Gasteiger partial charge < -0.3 is 20.5 Å². The minimum Gasteiger partial charge on any atom is -0.389 e. The van der Waals surface area contributed by atoms with Crippen molar-refractivity contribution in [3.63, 3.8) is 0 Å². The first-order valence-electron chi connectivity index (χ1n) is 6.96. The van der Waals surface area contributed by atoms with Gasteiger partial charge in [0.25, 0.3) is 5.91 Å². The van der Waals surface area contributed by atoms with Gasteiger partial charge in [0.1, 0.15) is 11.1 Å². The lowest BCUT2D eigenvalue weighted by Gasteiger charge is -2.16. The molecular formula is C15H20N2O3S. The Labute approximate surface area is 129 Å². The standard InChI is InChI=1S/C15H20N2O3S/c1-10(20-9-11-5-6-19-8-11)15(18)17-13-4-2-3-12(7-13)14(16)21/h2-4,7,10-11H,5-6,8-9H2,1H3,(H2,16,21)(H,17,18). The van der Waals surface area contributed by atoms with E-state index >= 15 is 0 Å². The molecule has 2 rings (SSSR count). The minimum atomic E-state index is -0.515. The molecule has 1 amide bonds. The number of ether oxygens (including phenoxy) is 2. The van der Waals surface area contributed by atoms with Gasteiger partial charge in [0, 0.05) is 23.8 Å². The van der Waals surface area contributed by atoms with Gasteiger partial charge >= 0.3 is 0 Å². The third-order valence-electron chi connectivity index (χ3n) is 3.39. The molecular weight excluding hydrogens is 288 g/mol. The molecule has 1 aromatic carbocycles. The fourth-order valence-corrected chi connectivity index (χ4v) is 2.19. The Morgan fingerprint density at radius 2 is 2.43 bits per heavy atom. The summed E-state index contributed by atoms with van der Waals surface area (Å²) in [6.07, 6.45) is 0.476. The van der Waals surface area contributed by atoms with Crippen LogP contribution in [0.15, 0.2) is 24.3 Å². The van der Waals surface area contributed by atoms with Crippen molar-refractivity contribution in [2.24, 2.45) is 11.7 Å². The van der Waals surface area contributed by atoms with Crippen molar-refractivity contribution >= 4 is 28.8 Å². The molecule has 2 atom stereocenters. The number of hydrogen-bond acceptors (Lipinski definition) is 4. The van der Waals surface area contributed by atoms with Crippen molar-refractivity contribution in [3.05, 3.63) is 29.8 Å². The first-order chi connectivity index (χ1) is 10.1. The van der Waals surface area contributed by atoms with Crippen LogP contribution in [0.2, 0.25) is 0 Å². The van der Waals surface area contributed by atoms with E-state index in [1.54, 1.807) is 31.2 Å². The van der Waals surface area contributed by atoms with Gasteiger partial charge in [-0.25, -0.2) is 0 Å². The van der Waals surface area contributed by atoms with E-state index in [2.05, 4.69) is 5.32 Å². The summed E-state index contributed by atoms with van der Waals surface area (Å²) in [5.41, 5.74) is 6.95. The van der Waals surface area contributed by atoms with E-state index < -0.39 is 6.10 Å². The second-order valence-corrected chi connectivity index (χ2v) is 5.58. The Morgan fingerprint density at radius 3 is 3.10 bits per heavy atom. The average Bonchev–Trinajstić information content (AvgIpc) is 2.98. The summed E-state index contributed by atoms with van der Waals surface area (Å²) in [5.74, 6) is 0.201. The van der Waals surface area contributed by atoms with Crippen LogP contribution in [0.25, 0.3) is 0 Å². The number of benzene rings is 1. The topological polar surface area (TPSA) is 73.6 Å². The van der Waals surface area contributed by atoms with Gasteiger partial charge in [0.15, 0.2) is 0 Å². The molecule has 1 saturated heterocycles. The number of hydrogen-bond donors (Lipinski definition) is 2. The lowest BCUT2D eigenvalue weighted by atomic mass is 10.1. The first kappa shape index (κ1) is 15.9. The van der Waals surface area contributed by atoms with Crippen molar-refractivity contribution in [2.75, 3.05) is 25.1 Å². The van der Waals surface area contributed by atoms with Gasteiger partial charge in [-0.2, -0.15) is 0 Å². The zero-order chi connectivity index (χ0) is 15.2. The van der Waals surface area contributed by atoms with Crippen LogP contribution in [0.5, 0.6) is 0 Å².